The van der Waals surface area contributed by atoms with E-state index in [9.17, 15) is 22.8 Å². The first-order valence-corrected chi connectivity index (χ1v) is 5.43. The number of methoxy groups -OCH3 is 1. The third-order valence-corrected chi connectivity index (χ3v) is 2.43. The van der Waals surface area contributed by atoms with Crippen LogP contribution in [0.5, 0.6) is 0 Å². The molecule has 0 aliphatic carbocycles. The molecule has 1 heterocycles. The second-order valence-corrected chi connectivity index (χ2v) is 3.82. The molecule has 19 heavy (non-hydrogen) atoms. The van der Waals surface area contributed by atoms with Gasteiger partial charge < -0.3 is 4.74 Å². The fourth-order valence-corrected chi connectivity index (χ4v) is 1.49. The van der Waals surface area contributed by atoms with Gasteiger partial charge in [-0.3, -0.25) is 14.6 Å². The molecule has 0 saturated heterocycles. The van der Waals surface area contributed by atoms with Crippen molar-refractivity contribution < 1.29 is 27.5 Å². The molecule has 0 unspecified atom stereocenters. The summed E-state index contributed by atoms with van der Waals surface area (Å²) in [6.45, 7) is 0. The van der Waals surface area contributed by atoms with Crippen LogP contribution in [0.2, 0.25) is 0 Å². The molecular weight excluding hydrogens is 263 g/mol. The lowest BCUT2D eigenvalue weighted by Crippen LogP contribution is -2.14. The Morgan fingerprint density at radius 2 is 2.00 bits per heavy atom. The van der Waals surface area contributed by atoms with E-state index in [4.69, 9.17) is 0 Å². The van der Waals surface area contributed by atoms with Gasteiger partial charge in [-0.25, -0.2) is 0 Å². The molecule has 0 amide bonds. The van der Waals surface area contributed by atoms with Crippen LogP contribution in [0.4, 0.5) is 13.2 Å². The van der Waals surface area contributed by atoms with Gasteiger partial charge in [0.15, 0.2) is 0 Å². The van der Waals surface area contributed by atoms with Crippen molar-refractivity contribution >= 4 is 11.8 Å². The molecule has 0 N–H and O–H groups in total. The van der Waals surface area contributed by atoms with Gasteiger partial charge in [0, 0.05) is 25.2 Å². The quantitative estimate of drug-likeness (QED) is 0.773. The molecule has 7 heteroatoms. The molecule has 1 aromatic heterocycles. The van der Waals surface area contributed by atoms with Gasteiger partial charge in [0.05, 0.1) is 19.1 Å². The first-order chi connectivity index (χ1) is 8.84. The number of ether oxygens (including phenoxy) is 1. The molecule has 0 radical (unpaired) electrons. The zero-order chi connectivity index (χ0) is 14.5. The number of hydrogen-bond donors (Lipinski definition) is 0. The van der Waals surface area contributed by atoms with Gasteiger partial charge in [0.2, 0.25) is 0 Å². The summed E-state index contributed by atoms with van der Waals surface area (Å²) in [5, 5.41) is 0. The lowest BCUT2D eigenvalue weighted by Gasteiger charge is -2.11. The Balaban J connectivity index is 2.72. The highest BCUT2D eigenvalue weighted by atomic mass is 19.4. The summed E-state index contributed by atoms with van der Waals surface area (Å²) in [4.78, 5) is 25.9. The van der Waals surface area contributed by atoms with E-state index in [1.807, 2.05) is 0 Å². The summed E-state index contributed by atoms with van der Waals surface area (Å²) in [6, 6.07) is 0.822. The van der Waals surface area contributed by atoms with Gasteiger partial charge in [-0.15, -0.1) is 0 Å². The van der Waals surface area contributed by atoms with Crippen molar-refractivity contribution in [2.24, 2.45) is 0 Å². The number of Topliss-reactive ketones (excluding diaryl/α,β-unsaturated/α-hetero) is 1. The Hall–Kier alpha value is -1.92. The molecule has 0 saturated carbocycles. The predicted molar refractivity (Wildman–Crippen MR) is 59.2 cm³/mol. The lowest BCUT2D eigenvalue weighted by molar-refractivity contribution is -0.142. The van der Waals surface area contributed by atoms with Crippen molar-refractivity contribution in [1.82, 2.24) is 4.98 Å². The van der Waals surface area contributed by atoms with Crippen molar-refractivity contribution in [1.29, 1.82) is 0 Å². The largest absolute Gasteiger partial charge is 0.469 e. The van der Waals surface area contributed by atoms with E-state index >= 15 is 0 Å². The highest BCUT2D eigenvalue weighted by Gasteiger charge is 2.33. The molecule has 0 atom stereocenters. The third-order valence-electron chi connectivity index (χ3n) is 2.43. The number of carbonyl (C=O) groups excluding carboxylic acids is 2. The second-order valence-electron chi connectivity index (χ2n) is 3.82. The van der Waals surface area contributed by atoms with Crippen LogP contribution in [0.25, 0.3) is 0 Å². The fraction of sp³-hybridized carbons (Fsp3) is 0.417. The molecule has 1 aromatic rings. The minimum absolute atomic E-state index is 0.142. The van der Waals surface area contributed by atoms with Crippen LogP contribution in [0, 0.1) is 0 Å². The zero-order valence-electron chi connectivity index (χ0n) is 10.2. The van der Waals surface area contributed by atoms with Crippen LogP contribution in [-0.4, -0.2) is 23.8 Å². The maximum Gasteiger partial charge on any atom is 0.416 e. The number of halogens is 3. The van der Waals surface area contributed by atoms with Gasteiger partial charge in [0.1, 0.15) is 5.78 Å². The average molecular weight is 275 g/mol. The highest BCUT2D eigenvalue weighted by Crippen LogP contribution is 2.31. The first-order valence-electron chi connectivity index (χ1n) is 5.43. The summed E-state index contributed by atoms with van der Waals surface area (Å²) in [5.74, 6) is -1.04. The lowest BCUT2D eigenvalue weighted by atomic mass is 10.0. The summed E-state index contributed by atoms with van der Waals surface area (Å²) in [5.41, 5.74) is -1.07. The van der Waals surface area contributed by atoms with Crippen LogP contribution in [0.3, 0.4) is 0 Å². The van der Waals surface area contributed by atoms with Gasteiger partial charge in [0.25, 0.3) is 0 Å². The zero-order valence-corrected chi connectivity index (χ0v) is 10.2. The van der Waals surface area contributed by atoms with Crippen molar-refractivity contribution in [2.75, 3.05) is 7.11 Å². The van der Waals surface area contributed by atoms with E-state index in [-0.39, 0.29) is 18.4 Å². The topological polar surface area (TPSA) is 56.3 Å². The molecule has 0 aliphatic heterocycles. The Kier molecular flexibility index (Phi) is 5.02. The molecule has 0 aromatic carbocycles. The monoisotopic (exact) mass is 275 g/mol. The highest BCUT2D eigenvalue weighted by molar-refractivity contribution is 5.84. The number of rotatable bonds is 5. The van der Waals surface area contributed by atoms with Gasteiger partial charge in [-0.05, 0) is 11.6 Å². The molecule has 0 fully saturated rings. The van der Waals surface area contributed by atoms with Gasteiger partial charge in [-0.2, -0.15) is 13.2 Å². The van der Waals surface area contributed by atoms with Crippen molar-refractivity contribution in [2.45, 2.75) is 25.4 Å². The number of esters is 1. The fourth-order valence-electron chi connectivity index (χ4n) is 1.49. The van der Waals surface area contributed by atoms with Crippen LogP contribution in [0.15, 0.2) is 18.5 Å². The third kappa shape index (κ3) is 4.69. The van der Waals surface area contributed by atoms with Crippen LogP contribution < -0.4 is 0 Å². The summed E-state index contributed by atoms with van der Waals surface area (Å²) in [7, 11) is 1.18. The second kappa shape index (κ2) is 6.31. The molecule has 0 aliphatic rings. The minimum Gasteiger partial charge on any atom is -0.469 e. The van der Waals surface area contributed by atoms with E-state index in [1.165, 1.54) is 7.11 Å². The number of pyridine rings is 1. The molecule has 4 nitrogen and oxygen atoms in total. The number of nitrogens with zero attached hydrogens (tertiary/aromatic N) is 1. The van der Waals surface area contributed by atoms with E-state index < -0.39 is 29.9 Å². The van der Waals surface area contributed by atoms with E-state index in [0.717, 1.165) is 18.5 Å². The van der Waals surface area contributed by atoms with E-state index in [1.54, 1.807) is 0 Å². The van der Waals surface area contributed by atoms with Crippen LogP contribution >= 0.6 is 0 Å². The van der Waals surface area contributed by atoms with E-state index in [2.05, 4.69) is 9.72 Å². The maximum atomic E-state index is 12.7. The number of hydrogen-bond acceptors (Lipinski definition) is 4. The molecule has 104 valence electrons. The van der Waals surface area contributed by atoms with Crippen molar-refractivity contribution in [3.8, 4) is 0 Å². The summed E-state index contributed by atoms with van der Waals surface area (Å²) < 4.78 is 42.3. The summed E-state index contributed by atoms with van der Waals surface area (Å²) in [6.07, 6.45) is -3.19. The standard InChI is InChI=1S/C12H12F3NO3/c1-19-11(18)3-2-9(17)6-8-7-16-5-4-10(8)12(13,14)15/h4-5,7H,2-3,6H2,1H3. The predicted octanol–water partition coefficient (Wildman–Crippen LogP) is 2.17. The smallest absolute Gasteiger partial charge is 0.416 e. The van der Waals surface area contributed by atoms with Crippen LogP contribution in [-0.2, 0) is 26.9 Å². The van der Waals surface area contributed by atoms with Crippen molar-refractivity contribution in [3.05, 3.63) is 29.6 Å². The van der Waals surface area contributed by atoms with Crippen molar-refractivity contribution in [3.63, 3.8) is 0 Å². The Morgan fingerprint density at radius 3 is 2.58 bits per heavy atom. The Labute approximate surface area is 107 Å². The minimum atomic E-state index is -4.53. The first kappa shape index (κ1) is 15.1. The molecule has 0 spiro atoms. The molecule has 1 rings (SSSR count). The van der Waals surface area contributed by atoms with E-state index in [0.29, 0.717) is 0 Å². The molecule has 0 bridgehead atoms. The normalized spacial score (nSPS) is 11.2. The number of aromatic nitrogens is 1. The average Bonchev–Trinajstić information content (AvgIpc) is 2.35. The SMILES string of the molecule is COC(=O)CCC(=O)Cc1cnccc1C(F)(F)F. The maximum absolute atomic E-state index is 12.7. The molecular formula is C12H12F3NO3. The Bertz CT molecular complexity index is 472. The van der Waals surface area contributed by atoms with Crippen LogP contribution in [0.1, 0.15) is 24.0 Å². The van der Waals surface area contributed by atoms with Gasteiger partial charge >= 0.3 is 12.1 Å². The summed E-state index contributed by atoms with van der Waals surface area (Å²) >= 11 is 0. The number of ketones is 1. The van der Waals surface area contributed by atoms with Gasteiger partial charge in [-0.1, -0.05) is 0 Å². The number of alkyl halides is 3. The Morgan fingerprint density at radius 1 is 1.32 bits per heavy atom. The number of carbonyl (C=O) groups is 2.